The molecule has 0 aliphatic carbocycles. The van der Waals surface area contributed by atoms with Crippen LogP contribution in [0.4, 0.5) is 5.69 Å². The lowest BCUT2D eigenvalue weighted by atomic mass is 9.72. The molecular weight excluding hydrogens is 450 g/mol. The van der Waals surface area contributed by atoms with Gasteiger partial charge in [-0.15, -0.1) is 0 Å². The number of allylic oxidation sites excluding steroid dienone is 1. The van der Waals surface area contributed by atoms with E-state index < -0.39 is 5.92 Å². The smallest absolute Gasteiger partial charge is 0.309 e. The third-order valence-electron chi connectivity index (χ3n) is 6.32. The molecule has 190 valence electrons. The Bertz CT molecular complexity index is 1120. The first-order chi connectivity index (χ1) is 16.9. The number of hydrogen-bond acceptors (Lipinski definition) is 7. The lowest BCUT2D eigenvalue weighted by molar-refractivity contribution is -0.153. The fourth-order valence-corrected chi connectivity index (χ4v) is 4.28. The highest BCUT2D eigenvalue weighted by atomic mass is 16.5. The van der Waals surface area contributed by atoms with E-state index in [9.17, 15) is 20.6 Å². The summed E-state index contributed by atoms with van der Waals surface area (Å²) in [5, 5.41) is 28.0. The number of ether oxygens (including phenoxy) is 1. The number of rotatable bonds is 9. The second-order valence-electron chi connectivity index (χ2n) is 11.3. The minimum atomic E-state index is -1.05. The van der Waals surface area contributed by atoms with Crippen LogP contribution in [0.15, 0.2) is 34.8 Å². The van der Waals surface area contributed by atoms with Crippen molar-refractivity contribution in [2.75, 3.05) is 31.1 Å². The molecule has 0 radical (unpaired) electrons. The first-order valence-corrected chi connectivity index (χ1v) is 12.4. The van der Waals surface area contributed by atoms with Crippen molar-refractivity contribution in [3.05, 3.63) is 35.4 Å². The zero-order valence-corrected chi connectivity index (χ0v) is 22.6. The van der Waals surface area contributed by atoms with Crippen molar-refractivity contribution in [1.29, 1.82) is 15.8 Å². The predicted molar refractivity (Wildman–Crippen MR) is 142 cm³/mol. The quantitative estimate of drug-likeness (QED) is 0.422. The highest BCUT2D eigenvalue weighted by Gasteiger charge is 2.35. The minimum Gasteiger partial charge on any atom is -0.464 e. The van der Waals surface area contributed by atoms with E-state index in [4.69, 9.17) is 4.74 Å². The van der Waals surface area contributed by atoms with Gasteiger partial charge in [-0.05, 0) is 41.9 Å². The van der Waals surface area contributed by atoms with Gasteiger partial charge in [0.15, 0.2) is 5.92 Å². The number of nitrogens with zero attached hydrogens (tertiary/aromatic N) is 5. The molecule has 1 aromatic carbocycles. The fourth-order valence-electron chi connectivity index (χ4n) is 4.28. The van der Waals surface area contributed by atoms with Crippen LogP contribution < -0.4 is 4.90 Å². The first kappa shape index (κ1) is 28.6. The molecule has 0 bridgehead atoms. The summed E-state index contributed by atoms with van der Waals surface area (Å²) in [7, 11) is 0. The number of benzene rings is 1. The minimum absolute atomic E-state index is 0.0320. The molecule has 1 heterocycles. The second kappa shape index (κ2) is 11.9. The maximum atomic E-state index is 12.9. The molecule has 36 heavy (non-hydrogen) atoms. The van der Waals surface area contributed by atoms with E-state index in [0.29, 0.717) is 18.7 Å². The van der Waals surface area contributed by atoms with Crippen LogP contribution in [0.3, 0.4) is 0 Å². The molecule has 0 amide bonds. The molecule has 1 aliphatic rings. The molecule has 2 rings (SSSR count). The summed E-state index contributed by atoms with van der Waals surface area (Å²) >= 11 is 0. The molecular formula is C29H37N5O2. The van der Waals surface area contributed by atoms with Gasteiger partial charge in [0.25, 0.3) is 0 Å². The Morgan fingerprint density at radius 1 is 1.08 bits per heavy atom. The summed E-state index contributed by atoms with van der Waals surface area (Å²) in [6.07, 6.45) is 0.768. The highest BCUT2D eigenvalue weighted by molar-refractivity contribution is 6.15. The molecule has 1 aliphatic heterocycles. The van der Waals surface area contributed by atoms with E-state index >= 15 is 0 Å². The lowest BCUT2D eigenvalue weighted by Crippen LogP contribution is -2.35. The third-order valence-corrected chi connectivity index (χ3v) is 6.32. The number of aliphatic imine (C=N–C) groups is 1. The molecule has 1 atom stereocenters. The van der Waals surface area contributed by atoms with Crippen molar-refractivity contribution in [1.82, 2.24) is 0 Å². The average Bonchev–Trinajstić information content (AvgIpc) is 3.24. The van der Waals surface area contributed by atoms with Gasteiger partial charge in [0.1, 0.15) is 12.7 Å². The van der Waals surface area contributed by atoms with Crippen LogP contribution in [-0.2, 0) is 9.53 Å². The fraction of sp³-hybridized carbons (Fsp3) is 0.552. The van der Waals surface area contributed by atoms with Gasteiger partial charge < -0.3 is 9.64 Å². The summed E-state index contributed by atoms with van der Waals surface area (Å²) in [5.41, 5.74) is 2.94. The van der Waals surface area contributed by atoms with Gasteiger partial charge in [-0.1, -0.05) is 53.7 Å². The molecule has 1 unspecified atom stereocenters. The molecule has 0 saturated carbocycles. The Labute approximate surface area is 215 Å². The summed E-state index contributed by atoms with van der Waals surface area (Å²) in [4.78, 5) is 19.3. The summed E-state index contributed by atoms with van der Waals surface area (Å²) < 4.78 is 5.73. The zero-order valence-electron chi connectivity index (χ0n) is 22.6. The summed E-state index contributed by atoms with van der Waals surface area (Å²) in [6.45, 7) is 16.6. The van der Waals surface area contributed by atoms with Gasteiger partial charge in [-0.2, -0.15) is 15.8 Å². The van der Waals surface area contributed by atoms with Gasteiger partial charge in [-0.3, -0.25) is 9.79 Å². The molecule has 0 fully saturated rings. The van der Waals surface area contributed by atoms with Gasteiger partial charge in [0, 0.05) is 17.8 Å². The molecule has 0 saturated heterocycles. The number of anilines is 1. The maximum Gasteiger partial charge on any atom is 0.309 e. The van der Waals surface area contributed by atoms with Crippen LogP contribution in [0.25, 0.3) is 5.57 Å². The number of carbonyl (C=O) groups excluding carboxylic acids is 1. The molecule has 7 heteroatoms. The van der Waals surface area contributed by atoms with Crippen molar-refractivity contribution in [3.63, 3.8) is 0 Å². The van der Waals surface area contributed by atoms with Crippen molar-refractivity contribution in [2.45, 2.75) is 54.9 Å². The van der Waals surface area contributed by atoms with Crippen LogP contribution in [0.2, 0.25) is 0 Å². The topological polar surface area (TPSA) is 113 Å². The molecule has 0 N–H and O–H groups in total. The lowest BCUT2D eigenvalue weighted by Gasteiger charge is -2.34. The maximum absolute atomic E-state index is 12.9. The van der Waals surface area contributed by atoms with E-state index in [2.05, 4.69) is 57.5 Å². The van der Waals surface area contributed by atoms with Crippen LogP contribution in [-0.4, -0.2) is 37.9 Å². The Balaban J connectivity index is 2.09. The van der Waals surface area contributed by atoms with Crippen LogP contribution in [0.1, 0.15) is 60.5 Å². The predicted octanol–water partition coefficient (Wildman–Crippen LogP) is 5.55. The summed E-state index contributed by atoms with van der Waals surface area (Å²) in [6, 6.07) is 13.7. The largest absolute Gasteiger partial charge is 0.464 e. The number of hydrogen-bond donors (Lipinski definition) is 0. The number of carbonyl (C=O) groups is 1. The molecule has 7 nitrogen and oxygen atoms in total. The monoisotopic (exact) mass is 487 g/mol. The van der Waals surface area contributed by atoms with Crippen LogP contribution in [0.5, 0.6) is 0 Å². The SMILES string of the molecule is CCN(CCOC(=O)C(CC(C)(C)C)C(C)(C)C)c1ccc(C2=C(C#N)C(C(C#N)C#N)=NC2)cc1. The Morgan fingerprint density at radius 2 is 1.69 bits per heavy atom. The van der Waals surface area contributed by atoms with E-state index in [0.717, 1.165) is 29.8 Å². The van der Waals surface area contributed by atoms with Gasteiger partial charge in [0.05, 0.1) is 42.4 Å². The number of likely N-dealkylation sites (N-methyl/N-ethyl adjacent to an activating group) is 1. The van der Waals surface area contributed by atoms with Crippen LogP contribution in [0, 0.1) is 56.7 Å². The van der Waals surface area contributed by atoms with Crippen molar-refractivity contribution < 1.29 is 9.53 Å². The van der Waals surface area contributed by atoms with Crippen molar-refractivity contribution >= 4 is 22.9 Å². The van der Waals surface area contributed by atoms with E-state index in [1.54, 1.807) is 0 Å². The standard InChI is InChI=1S/C29H37N5O2/c1-8-34(13-14-36-27(35)25(29(5,6)7)15-28(2,3)4)22-11-9-20(10-12-22)24-19-33-26(23(24)18-32)21(16-30)17-31/h9-12,21,25H,8,13-15,19H2,1-7H3. The van der Waals surface area contributed by atoms with Crippen molar-refractivity contribution in [2.24, 2.45) is 27.7 Å². The number of esters is 1. The Hall–Kier alpha value is -3.63. The molecule has 0 aromatic heterocycles. The van der Waals surface area contributed by atoms with Gasteiger partial charge in [-0.25, -0.2) is 0 Å². The van der Waals surface area contributed by atoms with Crippen LogP contribution >= 0.6 is 0 Å². The average molecular weight is 488 g/mol. The van der Waals surface area contributed by atoms with E-state index in [1.807, 2.05) is 43.3 Å². The normalized spacial score (nSPS) is 14.5. The second-order valence-corrected chi connectivity index (χ2v) is 11.3. The zero-order chi connectivity index (χ0) is 27.1. The number of nitriles is 3. The van der Waals surface area contributed by atoms with Crippen molar-refractivity contribution in [3.8, 4) is 18.2 Å². The van der Waals surface area contributed by atoms with Gasteiger partial charge >= 0.3 is 5.97 Å². The van der Waals surface area contributed by atoms with E-state index in [-0.39, 0.29) is 35.0 Å². The van der Waals surface area contributed by atoms with Gasteiger partial charge in [0.2, 0.25) is 0 Å². The molecule has 0 spiro atoms. The Kier molecular flexibility index (Phi) is 9.43. The third kappa shape index (κ3) is 7.19. The Morgan fingerprint density at radius 3 is 2.17 bits per heavy atom. The molecule has 1 aromatic rings. The highest BCUT2D eigenvalue weighted by Crippen LogP contribution is 2.37. The van der Waals surface area contributed by atoms with E-state index in [1.165, 1.54) is 0 Å². The summed E-state index contributed by atoms with van der Waals surface area (Å²) in [5.74, 6) is -1.37. The first-order valence-electron chi connectivity index (χ1n) is 12.4.